The van der Waals surface area contributed by atoms with E-state index in [9.17, 15) is 0 Å². The van der Waals surface area contributed by atoms with Crippen LogP contribution in [0.4, 0.5) is 0 Å². The molecule has 18 heavy (non-hydrogen) atoms. The van der Waals surface area contributed by atoms with E-state index in [0.717, 1.165) is 21.9 Å². The second-order valence-electron chi connectivity index (χ2n) is 5.33. The van der Waals surface area contributed by atoms with Crippen molar-refractivity contribution in [1.29, 1.82) is 0 Å². The molecule has 96 valence electrons. The summed E-state index contributed by atoms with van der Waals surface area (Å²) in [6.07, 6.45) is 4.93. The van der Waals surface area contributed by atoms with Crippen molar-refractivity contribution in [2.75, 3.05) is 0 Å². The maximum atomic E-state index is 6.12. The zero-order chi connectivity index (χ0) is 12.8. The van der Waals surface area contributed by atoms with Crippen molar-refractivity contribution in [3.05, 3.63) is 29.0 Å². The van der Waals surface area contributed by atoms with Gasteiger partial charge in [-0.15, -0.1) is 11.6 Å². The Morgan fingerprint density at radius 2 is 2.06 bits per heavy atom. The van der Waals surface area contributed by atoms with Crippen LogP contribution in [0.5, 0.6) is 0 Å². The Labute approximate surface area is 117 Å². The van der Waals surface area contributed by atoms with Crippen molar-refractivity contribution in [3.8, 4) is 0 Å². The number of imidazole rings is 1. The molecule has 1 aliphatic rings. The molecule has 0 unspecified atom stereocenters. The molecule has 1 heterocycles. The van der Waals surface area contributed by atoms with E-state index in [-0.39, 0.29) is 5.54 Å². The van der Waals surface area contributed by atoms with E-state index >= 15 is 0 Å². The number of hydrogen-bond donors (Lipinski definition) is 0. The Balaban J connectivity index is 2.27. The van der Waals surface area contributed by atoms with Crippen LogP contribution in [0.25, 0.3) is 11.0 Å². The number of rotatable bonds is 2. The van der Waals surface area contributed by atoms with Crippen LogP contribution in [0.1, 0.15) is 38.4 Å². The van der Waals surface area contributed by atoms with Crippen LogP contribution in [-0.2, 0) is 11.4 Å². The summed E-state index contributed by atoms with van der Waals surface area (Å²) in [5.41, 5.74) is 2.25. The third kappa shape index (κ3) is 1.83. The maximum Gasteiger partial charge on any atom is 0.125 e. The van der Waals surface area contributed by atoms with Crippen LogP contribution in [0, 0.1) is 0 Å². The molecule has 4 heteroatoms. The van der Waals surface area contributed by atoms with Crippen molar-refractivity contribution in [2.45, 2.75) is 44.0 Å². The Bertz CT molecular complexity index is 583. The van der Waals surface area contributed by atoms with Gasteiger partial charge in [0.05, 0.1) is 16.9 Å². The predicted molar refractivity (Wildman–Crippen MR) is 76.4 cm³/mol. The highest BCUT2D eigenvalue weighted by molar-refractivity contribution is 6.31. The van der Waals surface area contributed by atoms with Gasteiger partial charge < -0.3 is 4.57 Å². The van der Waals surface area contributed by atoms with Crippen LogP contribution in [0.3, 0.4) is 0 Å². The molecular weight excluding hydrogens is 267 g/mol. The Morgan fingerprint density at radius 1 is 1.33 bits per heavy atom. The smallest absolute Gasteiger partial charge is 0.125 e. The Kier molecular flexibility index (Phi) is 3.03. The molecule has 0 saturated heterocycles. The number of halogens is 2. The summed E-state index contributed by atoms with van der Waals surface area (Å²) >= 11 is 12.2. The predicted octanol–water partition coefficient (Wildman–Crippen LogP) is 4.72. The van der Waals surface area contributed by atoms with E-state index in [0.29, 0.717) is 5.88 Å². The van der Waals surface area contributed by atoms with Gasteiger partial charge in [-0.3, -0.25) is 0 Å². The van der Waals surface area contributed by atoms with Gasteiger partial charge in [0.2, 0.25) is 0 Å². The van der Waals surface area contributed by atoms with E-state index in [4.69, 9.17) is 23.2 Å². The molecule has 0 bridgehead atoms. The SMILES string of the molecule is CC1(n2c(CCl)nc3ccc(Cl)cc32)CCCC1. The van der Waals surface area contributed by atoms with Gasteiger partial charge in [-0.1, -0.05) is 24.4 Å². The average molecular weight is 283 g/mol. The van der Waals surface area contributed by atoms with Crippen molar-refractivity contribution in [2.24, 2.45) is 0 Å². The van der Waals surface area contributed by atoms with Gasteiger partial charge in [0.1, 0.15) is 5.82 Å². The summed E-state index contributed by atoms with van der Waals surface area (Å²) in [4.78, 5) is 4.63. The molecule has 1 fully saturated rings. The lowest BCUT2D eigenvalue weighted by Crippen LogP contribution is -2.27. The van der Waals surface area contributed by atoms with E-state index in [2.05, 4.69) is 16.5 Å². The molecule has 1 aliphatic carbocycles. The number of nitrogens with zero attached hydrogens (tertiary/aromatic N) is 2. The molecule has 2 nitrogen and oxygen atoms in total. The monoisotopic (exact) mass is 282 g/mol. The Hall–Kier alpha value is -0.730. The van der Waals surface area contributed by atoms with E-state index in [1.807, 2.05) is 18.2 Å². The topological polar surface area (TPSA) is 17.8 Å². The van der Waals surface area contributed by atoms with Crippen LogP contribution >= 0.6 is 23.2 Å². The highest BCUT2D eigenvalue weighted by Crippen LogP contribution is 2.40. The molecule has 1 saturated carbocycles. The molecule has 0 aliphatic heterocycles. The lowest BCUT2D eigenvalue weighted by Gasteiger charge is -2.28. The first kappa shape index (κ1) is 12.3. The van der Waals surface area contributed by atoms with Crippen molar-refractivity contribution >= 4 is 34.2 Å². The van der Waals surface area contributed by atoms with Gasteiger partial charge in [0.15, 0.2) is 0 Å². The minimum absolute atomic E-state index is 0.143. The molecule has 0 atom stereocenters. The summed E-state index contributed by atoms with van der Waals surface area (Å²) in [5, 5.41) is 0.756. The first-order valence-corrected chi connectivity index (χ1v) is 7.29. The summed E-state index contributed by atoms with van der Waals surface area (Å²) in [5.74, 6) is 1.40. The molecular formula is C14H16Cl2N2. The fraction of sp³-hybridized carbons (Fsp3) is 0.500. The zero-order valence-corrected chi connectivity index (χ0v) is 11.9. The van der Waals surface area contributed by atoms with Crippen LogP contribution < -0.4 is 0 Å². The van der Waals surface area contributed by atoms with Crippen LogP contribution in [-0.4, -0.2) is 9.55 Å². The summed E-state index contributed by atoms with van der Waals surface area (Å²) in [6, 6.07) is 5.86. The fourth-order valence-electron chi connectivity index (χ4n) is 3.15. The van der Waals surface area contributed by atoms with Crippen LogP contribution in [0.2, 0.25) is 5.02 Å². The highest BCUT2D eigenvalue weighted by atomic mass is 35.5. The zero-order valence-electron chi connectivity index (χ0n) is 10.4. The van der Waals surface area contributed by atoms with Gasteiger partial charge in [0, 0.05) is 10.6 Å². The minimum atomic E-state index is 0.143. The number of alkyl halides is 1. The number of hydrogen-bond acceptors (Lipinski definition) is 1. The standard InChI is InChI=1S/C14H16Cl2N2/c1-14(6-2-3-7-14)18-12-8-10(16)4-5-11(12)17-13(18)9-15/h4-5,8H,2-3,6-7,9H2,1H3. The van der Waals surface area contributed by atoms with Gasteiger partial charge in [-0.05, 0) is 38.0 Å². The molecule has 3 rings (SSSR count). The molecule has 1 aromatic heterocycles. The molecule has 1 aromatic carbocycles. The van der Waals surface area contributed by atoms with Gasteiger partial charge >= 0.3 is 0 Å². The first-order chi connectivity index (χ1) is 8.64. The number of aromatic nitrogens is 2. The summed E-state index contributed by atoms with van der Waals surface area (Å²) in [6.45, 7) is 2.30. The van der Waals surface area contributed by atoms with Gasteiger partial charge in [-0.2, -0.15) is 0 Å². The van der Waals surface area contributed by atoms with Crippen LogP contribution in [0.15, 0.2) is 18.2 Å². The van der Waals surface area contributed by atoms with Crippen molar-refractivity contribution < 1.29 is 0 Å². The molecule has 0 amide bonds. The van der Waals surface area contributed by atoms with E-state index < -0.39 is 0 Å². The number of benzene rings is 1. The lowest BCUT2D eigenvalue weighted by atomic mass is 9.99. The first-order valence-electron chi connectivity index (χ1n) is 6.37. The maximum absolute atomic E-state index is 6.12. The van der Waals surface area contributed by atoms with Crippen molar-refractivity contribution in [1.82, 2.24) is 9.55 Å². The summed E-state index contributed by atoms with van der Waals surface area (Å²) in [7, 11) is 0. The fourth-order valence-corrected chi connectivity index (χ4v) is 3.50. The third-order valence-electron chi connectivity index (χ3n) is 4.03. The van der Waals surface area contributed by atoms with E-state index in [1.54, 1.807) is 0 Å². The minimum Gasteiger partial charge on any atom is -0.321 e. The molecule has 0 N–H and O–H groups in total. The normalized spacial score (nSPS) is 18.6. The quantitative estimate of drug-likeness (QED) is 0.729. The van der Waals surface area contributed by atoms with Gasteiger partial charge in [-0.25, -0.2) is 4.98 Å². The molecule has 2 aromatic rings. The van der Waals surface area contributed by atoms with Crippen molar-refractivity contribution in [3.63, 3.8) is 0 Å². The van der Waals surface area contributed by atoms with Gasteiger partial charge in [0.25, 0.3) is 0 Å². The summed E-state index contributed by atoms with van der Waals surface area (Å²) < 4.78 is 2.31. The Morgan fingerprint density at radius 3 is 2.72 bits per heavy atom. The van der Waals surface area contributed by atoms with E-state index in [1.165, 1.54) is 25.7 Å². The highest BCUT2D eigenvalue weighted by Gasteiger charge is 2.33. The lowest BCUT2D eigenvalue weighted by molar-refractivity contribution is 0.331. The third-order valence-corrected chi connectivity index (χ3v) is 4.50. The molecule has 0 radical (unpaired) electrons. The number of fused-ring (bicyclic) bond motifs is 1. The largest absolute Gasteiger partial charge is 0.321 e. The molecule has 0 spiro atoms. The average Bonchev–Trinajstić information content (AvgIpc) is 2.92. The second-order valence-corrected chi connectivity index (χ2v) is 6.04. The second kappa shape index (κ2) is 4.43.